The minimum absolute atomic E-state index is 0.211. The number of amides is 2. The SMILES string of the molecule is O=C1NCc2ncc(NCC(F)(F)F)cc2N1. The second-order valence-corrected chi connectivity index (χ2v) is 3.49. The van der Waals surface area contributed by atoms with E-state index in [4.69, 9.17) is 0 Å². The second kappa shape index (κ2) is 4.11. The number of nitrogens with zero attached hydrogens (tertiary/aromatic N) is 1. The van der Waals surface area contributed by atoms with Gasteiger partial charge in [0, 0.05) is 0 Å². The molecule has 0 saturated heterocycles. The number of carbonyl (C=O) groups is 1. The Morgan fingerprint density at radius 2 is 2.24 bits per heavy atom. The molecule has 0 fully saturated rings. The van der Waals surface area contributed by atoms with Gasteiger partial charge in [-0.05, 0) is 6.07 Å². The molecule has 1 aromatic heterocycles. The zero-order chi connectivity index (χ0) is 12.5. The highest BCUT2D eigenvalue weighted by atomic mass is 19.4. The average molecular weight is 246 g/mol. The van der Waals surface area contributed by atoms with Crippen LogP contribution in [0.15, 0.2) is 12.3 Å². The van der Waals surface area contributed by atoms with Gasteiger partial charge in [-0.15, -0.1) is 0 Å². The molecule has 0 bridgehead atoms. The number of urea groups is 1. The number of alkyl halides is 3. The molecule has 0 aromatic carbocycles. The van der Waals surface area contributed by atoms with Crippen LogP contribution in [0.2, 0.25) is 0 Å². The summed E-state index contributed by atoms with van der Waals surface area (Å²) in [6.45, 7) is -0.875. The molecule has 2 rings (SSSR count). The van der Waals surface area contributed by atoms with E-state index in [0.29, 0.717) is 11.4 Å². The minimum Gasteiger partial charge on any atom is -0.375 e. The molecule has 8 heteroatoms. The topological polar surface area (TPSA) is 66.0 Å². The number of hydrogen-bond donors (Lipinski definition) is 3. The predicted molar refractivity (Wildman–Crippen MR) is 54.6 cm³/mol. The van der Waals surface area contributed by atoms with Gasteiger partial charge >= 0.3 is 12.2 Å². The number of rotatable bonds is 2. The smallest absolute Gasteiger partial charge is 0.375 e. The Hall–Kier alpha value is -1.99. The maximum atomic E-state index is 12.0. The molecule has 2 heterocycles. The van der Waals surface area contributed by atoms with Crippen molar-refractivity contribution in [2.24, 2.45) is 0 Å². The van der Waals surface area contributed by atoms with Crippen LogP contribution in [0, 0.1) is 0 Å². The third-order valence-corrected chi connectivity index (χ3v) is 2.13. The maximum absolute atomic E-state index is 12.0. The highest BCUT2D eigenvalue weighted by molar-refractivity contribution is 5.92. The van der Waals surface area contributed by atoms with Crippen molar-refractivity contribution in [3.8, 4) is 0 Å². The van der Waals surface area contributed by atoms with Crippen molar-refractivity contribution in [1.29, 1.82) is 0 Å². The normalized spacial score (nSPS) is 14.6. The van der Waals surface area contributed by atoms with Crippen LogP contribution in [0.1, 0.15) is 5.69 Å². The first-order chi connectivity index (χ1) is 7.94. The Kier molecular flexibility index (Phi) is 2.78. The fraction of sp³-hybridized carbons (Fsp3) is 0.333. The van der Waals surface area contributed by atoms with Crippen LogP contribution in [0.3, 0.4) is 0 Å². The molecule has 1 aromatic rings. The van der Waals surface area contributed by atoms with Crippen LogP contribution in [0.5, 0.6) is 0 Å². The van der Waals surface area contributed by atoms with Crippen LogP contribution in [0.25, 0.3) is 0 Å². The highest BCUT2D eigenvalue weighted by Gasteiger charge is 2.26. The molecule has 0 spiro atoms. The van der Waals surface area contributed by atoms with Crippen LogP contribution < -0.4 is 16.0 Å². The number of halogens is 3. The summed E-state index contributed by atoms with van der Waals surface area (Å²) in [6, 6.07) is 1.03. The number of hydrogen-bond acceptors (Lipinski definition) is 3. The summed E-state index contributed by atoms with van der Waals surface area (Å²) in [5, 5.41) is 7.15. The van der Waals surface area contributed by atoms with Crippen molar-refractivity contribution in [1.82, 2.24) is 10.3 Å². The van der Waals surface area contributed by atoms with Crippen molar-refractivity contribution in [2.45, 2.75) is 12.7 Å². The molecular weight excluding hydrogens is 237 g/mol. The molecule has 92 valence electrons. The van der Waals surface area contributed by atoms with Gasteiger partial charge in [-0.25, -0.2) is 4.79 Å². The third-order valence-electron chi connectivity index (χ3n) is 2.13. The second-order valence-electron chi connectivity index (χ2n) is 3.49. The Labute approximate surface area is 94.4 Å². The molecule has 0 unspecified atom stereocenters. The quantitative estimate of drug-likeness (QED) is 0.744. The average Bonchev–Trinajstić information content (AvgIpc) is 2.24. The largest absolute Gasteiger partial charge is 0.405 e. The molecule has 0 saturated carbocycles. The number of anilines is 2. The van der Waals surface area contributed by atoms with Gasteiger partial charge in [0.25, 0.3) is 0 Å². The lowest BCUT2D eigenvalue weighted by Crippen LogP contribution is -2.34. The van der Waals surface area contributed by atoms with Crippen molar-refractivity contribution in [2.75, 3.05) is 17.2 Å². The summed E-state index contributed by atoms with van der Waals surface area (Å²) >= 11 is 0. The van der Waals surface area contributed by atoms with Gasteiger partial charge in [0.05, 0.1) is 29.8 Å². The number of fused-ring (bicyclic) bond motifs is 1. The molecule has 1 aliphatic rings. The fourth-order valence-corrected chi connectivity index (χ4v) is 1.37. The Morgan fingerprint density at radius 3 is 2.94 bits per heavy atom. The van der Waals surface area contributed by atoms with E-state index in [-0.39, 0.29) is 12.2 Å². The van der Waals surface area contributed by atoms with Crippen molar-refractivity contribution in [3.63, 3.8) is 0 Å². The first-order valence-electron chi connectivity index (χ1n) is 4.78. The molecule has 5 nitrogen and oxygen atoms in total. The predicted octanol–water partition coefficient (Wildman–Crippen LogP) is 1.69. The first-order valence-corrected chi connectivity index (χ1v) is 4.78. The Balaban J connectivity index is 2.10. The molecule has 0 radical (unpaired) electrons. The standard InChI is InChI=1S/C9H9F3N4O/c10-9(11,12)4-15-5-1-6-7(13-2-5)3-14-8(17)16-6/h1-2,15H,3-4H2,(H2,14,16,17). The van der Waals surface area contributed by atoms with Gasteiger partial charge in [-0.3, -0.25) is 4.98 Å². The molecular formula is C9H9F3N4O. The van der Waals surface area contributed by atoms with E-state index in [1.807, 2.05) is 0 Å². The van der Waals surface area contributed by atoms with Crippen molar-refractivity contribution >= 4 is 17.4 Å². The number of pyridine rings is 1. The zero-order valence-corrected chi connectivity index (χ0v) is 8.56. The summed E-state index contributed by atoms with van der Waals surface area (Å²) in [5.74, 6) is 0. The van der Waals surface area contributed by atoms with E-state index in [1.165, 1.54) is 12.3 Å². The lowest BCUT2D eigenvalue weighted by atomic mass is 10.2. The fourth-order valence-electron chi connectivity index (χ4n) is 1.37. The molecule has 3 N–H and O–H groups in total. The van der Waals surface area contributed by atoms with Gasteiger partial charge < -0.3 is 16.0 Å². The van der Waals surface area contributed by atoms with Gasteiger partial charge in [-0.1, -0.05) is 0 Å². The van der Waals surface area contributed by atoms with E-state index < -0.39 is 18.8 Å². The van der Waals surface area contributed by atoms with Crippen molar-refractivity contribution in [3.05, 3.63) is 18.0 Å². The molecule has 2 amide bonds. The summed E-state index contributed by atoms with van der Waals surface area (Å²) in [7, 11) is 0. The Bertz CT molecular complexity index is 446. The number of nitrogens with one attached hydrogen (secondary N) is 3. The minimum atomic E-state index is -4.29. The van der Waals surface area contributed by atoms with Crippen molar-refractivity contribution < 1.29 is 18.0 Å². The van der Waals surface area contributed by atoms with Crippen LogP contribution in [0.4, 0.5) is 29.3 Å². The lowest BCUT2D eigenvalue weighted by Gasteiger charge is -2.18. The van der Waals surface area contributed by atoms with E-state index in [1.54, 1.807) is 0 Å². The van der Waals surface area contributed by atoms with Gasteiger partial charge in [0.1, 0.15) is 6.54 Å². The molecule has 0 atom stereocenters. The Morgan fingerprint density at radius 1 is 1.47 bits per heavy atom. The summed E-state index contributed by atoms with van der Waals surface area (Å²) in [4.78, 5) is 15.0. The summed E-state index contributed by atoms with van der Waals surface area (Å²) in [5.41, 5.74) is 1.21. The summed E-state index contributed by atoms with van der Waals surface area (Å²) in [6.07, 6.45) is -3.00. The number of aromatic nitrogens is 1. The summed E-state index contributed by atoms with van der Waals surface area (Å²) < 4.78 is 35.9. The van der Waals surface area contributed by atoms with E-state index in [0.717, 1.165) is 0 Å². The highest BCUT2D eigenvalue weighted by Crippen LogP contribution is 2.22. The monoisotopic (exact) mass is 246 g/mol. The van der Waals surface area contributed by atoms with Gasteiger partial charge in [0.2, 0.25) is 0 Å². The van der Waals surface area contributed by atoms with E-state index in [9.17, 15) is 18.0 Å². The maximum Gasteiger partial charge on any atom is 0.405 e. The molecule has 17 heavy (non-hydrogen) atoms. The van der Waals surface area contributed by atoms with E-state index in [2.05, 4.69) is 20.9 Å². The molecule has 0 aliphatic carbocycles. The third kappa shape index (κ3) is 2.99. The zero-order valence-electron chi connectivity index (χ0n) is 8.56. The first kappa shape index (κ1) is 11.5. The van der Waals surface area contributed by atoms with E-state index >= 15 is 0 Å². The van der Waals surface area contributed by atoms with Gasteiger partial charge in [0.15, 0.2) is 0 Å². The lowest BCUT2D eigenvalue weighted by molar-refractivity contribution is -0.115. The van der Waals surface area contributed by atoms with Crippen LogP contribution in [-0.4, -0.2) is 23.7 Å². The van der Waals surface area contributed by atoms with Crippen LogP contribution >= 0.6 is 0 Å². The molecule has 1 aliphatic heterocycles. The van der Waals surface area contributed by atoms with Crippen LogP contribution in [-0.2, 0) is 6.54 Å². The van der Waals surface area contributed by atoms with Gasteiger partial charge in [-0.2, -0.15) is 13.2 Å². The number of carbonyl (C=O) groups excluding carboxylic acids is 1.